The van der Waals surface area contributed by atoms with Gasteiger partial charge in [-0.25, -0.2) is 0 Å². The van der Waals surface area contributed by atoms with Gasteiger partial charge in [-0.3, -0.25) is 14.6 Å². The molecule has 0 spiro atoms. The fraction of sp³-hybridized carbons (Fsp3) is 0.417. The van der Waals surface area contributed by atoms with Crippen molar-refractivity contribution < 1.29 is 4.74 Å². The second kappa shape index (κ2) is 5.88. The van der Waals surface area contributed by atoms with Gasteiger partial charge in [-0.2, -0.15) is 5.10 Å². The second-order valence-electron chi connectivity index (χ2n) is 3.98. The maximum absolute atomic E-state index is 5.30. The monoisotopic (exact) mass is 264 g/mol. The number of aromatic amines is 1. The van der Waals surface area contributed by atoms with Crippen LogP contribution in [-0.2, 0) is 4.74 Å². The number of rotatable bonds is 5. The lowest BCUT2D eigenvalue weighted by Crippen LogP contribution is -2.15. The molecule has 0 saturated carbocycles. The summed E-state index contributed by atoms with van der Waals surface area (Å²) in [5.41, 5.74) is 0.993. The third-order valence-corrected chi connectivity index (χ3v) is 3.13. The normalized spacial score (nSPS) is 12.6. The van der Waals surface area contributed by atoms with E-state index in [0.29, 0.717) is 11.4 Å². The molecule has 0 radical (unpaired) electrons. The maximum Gasteiger partial charge on any atom is 0.195 e. The van der Waals surface area contributed by atoms with Crippen LogP contribution >= 0.6 is 12.2 Å². The second-order valence-corrected chi connectivity index (χ2v) is 4.36. The highest BCUT2D eigenvalue weighted by Crippen LogP contribution is 2.22. The first-order valence-electron chi connectivity index (χ1n) is 5.84. The highest BCUT2D eigenvalue weighted by molar-refractivity contribution is 7.71. The predicted molar refractivity (Wildman–Crippen MR) is 71.8 cm³/mol. The minimum Gasteiger partial charge on any atom is -0.383 e. The average Bonchev–Trinajstić information content (AvgIpc) is 2.79. The van der Waals surface area contributed by atoms with Gasteiger partial charge in [0.25, 0.3) is 0 Å². The Morgan fingerprint density at radius 3 is 2.78 bits per heavy atom. The number of nitrogens with one attached hydrogen (secondary N) is 1. The quantitative estimate of drug-likeness (QED) is 0.843. The molecule has 96 valence electrons. The van der Waals surface area contributed by atoms with E-state index in [4.69, 9.17) is 17.0 Å². The van der Waals surface area contributed by atoms with Crippen molar-refractivity contribution in [2.24, 2.45) is 0 Å². The molecule has 2 aromatic rings. The lowest BCUT2D eigenvalue weighted by atomic mass is 10.2. The van der Waals surface area contributed by atoms with Gasteiger partial charge in [-0.05, 0) is 30.8 Å². The highest BCUT2D eigenvalue weighted by atomic mass is 32.1. The van der Waals surface area contributed by atoms with Gasteiger partial charge in [0, 0.05) is 25.1 Å². The highest BCUT2D eigenvalue weighted by Gasteiger charge is 2.16. The van der Waals surface area contributed by atoms with Crippen LogP contribution in [0.3, 0.4) is 0 Å². The van der Waals surface area contributed by atoms with E-state index < -0.39 is 0 Å². The summed E-state index contributed by atoms with van der Waals surface area (Å²) in [6, 6.07) is 4.02. The molecule has 1 unspecified atom stereocenters. The minimum absolute atomic E-state index is 0.185. The van der Waals surface area contributed by atoms with Crippen LogP contribution in [0.15, 0.2) is 24.5 Å². The molecule has 2 heterocycles. The number of hydrogen-bond donors (Lipinski definition) is 1. The van der Waals surface area contributed by atoms with E-state index in [9.17, 15) is 0 Å². The zero-order chi connectivity index (χ0) is 13.0. The van der Waals surface area contributed by atoms with E-state index in [1.165, 1.54) is 0 Å². The molecule has 0 aromatic carbocycles. The fourth-order valence-corrected chi connectivity index (χ4v) is 2.20. The Balaban J connectivity index is 2.47. The van der Waals surface area contributed by atoms with Gasteiger partial charge in [0.15, 0.2) is 10.6 Å². The molecule has 0 saturated heterocycles. The Bertz CT molecular complexity index is 549. The number of methoxy groups -OCH3 is 1. The minimum atomic E-state index is 0.185. The van der Waals surface area contributed by atoms with Crippen LogP contribution in [0.25, 0.3) is 11.4 Å². The van der Waals surface area contributed by atoms with Crippen molar-refractivity contribution in [3.8, 4) is 11.4 Å². The first-order valence-corrected chi connectivity index (χ1v) is 6.25. The van der Waals surface area contributed by atoms with E-state index >= 15 is 0 Å². The van der Waals surface area contributed by atoms with Crippen LogP contribution < -0.4 is 0 Å². The summed E-state index contributed by atoms with van der Waals surface area (Å²) in [5, 5.41) is 7.15. The van der Waals surface area contributed by atoms with Crippen molar-refractivity contribution >= 4 is 12.2 Å². The molecule has 0 aliphatic heterocycles. The van der Waals surface area contributed by atoms with Crippen LogP contribution in [0.4, 0.5) is 0 Å². The lowest BCUT2D eigenvalue weighted by Gasteiger charge is -2.17. The summed E-state index contributed by atoms with van der Waals surface area (Å²) in [6.07, 6.45) is 4.42. The van der Waals surface area contributed by atoms with E-state index in [1.807, 2.05) is 16.7 Å². The van der Waals surface area contributed by atoms with Crippen LogP contribution in [-0.4, -0.2) is 33.5 Å². The third-order valence-electron chi connectivity index (χ3n) is 2.84. The van der Waals surface area contributed by atoms with Crippen LogP contribution in [0.2, 0.25) is 0 Å². The number of ether oxygens (including phenoxy) is 1. The number of aromatic nitrogens is 4. The van der Waals surface area contributed by atoms with E-state index in [-0.39, 0.29) is 6.04 Å². The van der Waals surface area contributed by atoms with Crippen LogP contribution in [0, 0.1) is 4.77 Å². The summed E-state index contributed by atoms with van der Waals surface area (Å²) in [7, 11) is 1.69. The van der Waals surface area contributed by atoms with Gasteiger partial charge in [0.05, 0.1) is 12.6 Å². The summed E-state index contributed by atoms with van der Waals surface area (Å²) >= 11 is 5.30. The number of H-pyrrole nitrogens is 1. The molecular formula is C12H16N4OS. The van der Waals surface area contributed by atoms with Crippen molar-refractivity contribution in [3.63, 3.8) is 0 Å². The van der Waals surface area contributed by atoms with E-state index in [0.717, 1.165) is 17.8 Å². The van der Waals surface area contributed by atoms with Crippen molar-refractivity contribution in [3.05, 3.63) is 29.3 Å². The Morgan fingerprint density at radius 2 is 2.17 bits per heavy atom. The Labute approximate surface area is 111 Å². The van der Waals surface area contributed by atoms with Gasteiger partial charge in [-0.15, -0.1) is 0 Å². The summed E-state index contributed by atoms with van der Waals surface area (Å²) in [5.74, 6) is 0.825. The summed E-state index contributed by atoms with van der Waals surface area (Å²) in [6.45, 7) is 2.72. The van der Waals surface area contributed by atoms with Gasteiger partial charge in [-0.1, -0.05) is 6.92 Å². The molecule has 0 aliphatic rings. The fourth-order valence-electron chi connectivity index (χ4n) is 1.92. The number of pyridine rings is 1. The lowest BCUT2D eigenvalue weighted by molar-refractivity contribution is 0.153. The summed E-state index contributed by atoms with van der Waals surface area (Å²) in [4.78, 5) is 4.01. The van der Waals surface area contributed by atoms with Gasteiger partial charge >= 0.3 is 0 Å². The zero-order valence-corrected chi connectivity index (χ0v) is 11.3. The zero-order valence-electron chi connectivity index (χ0n) is 10.5. The predicted octanol–water partition coefficient (Wildman–Crippen LogP) is 2.60. The Kier molecular flexibility index (Phi) is 4.22. The molecule has 2 aromatic heterocycles. The van der Waals surface area contributed by atoms with Crippen LogP contribution in [0.5, 0.6) is 0 Å². The van der Waals surface area contributed by atoms with Gasteiger partial charge in [0.1, 0.15) is 0 Å². The van der Waals surface area contributed by atoms with Gasteiger partial charge in [0.2, 0.25) is 0 Å². The maximum atomic E-state index is 5.30. The van der Waals surface area contributed by atoms with Crippen molar-refractivity contribution in [1.29, 1.82) is 0 Å². The van der Waals surface area contributed by atoms with Crippen LogP contribution in [0.1, 0.15) is 19.4 Å². The SMILES string of the molecule is CCC(COC)n1c(-c2ccncc2)n[nH]c1=S. The Morgan fingerprint density at radius 1 is 1.44 bits per heavy atom. The molecule has 1 N–H and O–H groups in total. The molecule has 0 aliphatic carbocycles. The topological polar surface area (TPSA) is 55.7 Å². The molecule has 18 heavy (non-hydrogen) atoms. The first-order chi connectivity index (χ1) is 8.77. The number of nitrogens with zero attached hydrogens (tertiary/aromatic N) is 3. The van der Waals surface area contributed by atoms with E-state index in [2.05, 4.69) is 22.1 Å². The molecule has 6 heteroatoms. The average molecular weight is 264 g/mol. The van der Waals surface area contributed by atoms with Crippen molar-refractivity contribution in [2.75, 3.05) is 13.7 Å². The Hall–Kier alpha value is -1.53. The standard InChI is InChI=1S/C12H16N4OS/c1-3-10(8-17-2)16-11(14-15-12(16)18)9-4-6-13-7-5-9/h4-7,10H,3,8H2,1-2H3,(H,15,18). The molecular weight excluding hydrogens is 248 g/mol. The largest absolute Gasteiger partial charge is 0.383 e. The smallest absolute Gasteiger partial charge is 0.195 e. The van der Waals surface area contributed by atoms with Crippen molar-refractivity contribution in [2.45, 2.75) is 19.4 Å². The molecule has 1 atom stereocenters. The van der Waals surface area contributed by atoms with E-state index in [1.54, 1.807) is 19.5 Å². The third kappa shape index (κ3) is 2.49. The molecule has 5 nitrogen and oxygen atoms in total. The summed E-state index contributed by atoms with van der Waals surface area (Å²) < 4.78 is 7.87. The molecule has 0 bridgehead atoms. The molecule has 2 rings (SSSR count). The molecule has 0 amide bonds. The first kappa shape index (κ1) is 12.9. The molecule has 0 fully saturated rings. The van der Waals surface area contributed by atoms with Gasteiger partial charge < -0.3 is 4.74 Å². The van der Waals surface area contributed by atoms with Crippen molar-refractivity contribution in [1.82, 2.24) is 19.7 Å². The number of hydrogen-bond acceptors (Lipinski definition) is 4.